The van der Waals surface area contributed by atoms with Gasteiger partial charge in [-0.05, 0) is 6.92 Å². The summed E-state index contributed by atoms with van der Waals surface area (Å²) in [5.41, 5.74) is 0. The Morgan fingerprint density at radius 2 is 1.35 bits per heavy atom. The summed E-state index contributed by atoms with van der Waals surface area (Å²) in [6, 6.07) is 0. The largest absolute Gasteiger partial charge is 0.388 e. The molecule has 182 valence electrons. The normalized spacial score (nSPS) is 54.0. The van der Waals surface area contributed by atoms with Crippen LogP contribution in [0.5, 0.6) is 0 Å². The molecule has 3 saturated heterocycles. The molecule has 14 nitrogen and oxygen atoms in total. The highest BCUT2D eigenvalue weighted by atomic mass is 16.7. The van der Waals surface area contributed by atoms with Gasteiger partial charge in [-0.25, -0.2) is 0 Å². The maximum Gasteiger partial charge on any atom is 0.187 e. The van der Waals surface area contributed by atoms with E-state index in [2.05, 4.69) is 0 Å². The van der Waals surface area contributed by atoms with Gasteiger partial charge in [0.05, 0.1) is 19.3 Å². The summed E-state index contributed by atoms with van der Waals surface area (Å²) in [6.07, 6.45) is -21.1. The lowest BCUT2D eigenvalue weighted by molar-refractivity contribution is -0.357. The maximum absolute atomic E-state index is 10.6. The highest BCUT2D eigenvalue weighted by Gasteiger charge is 2.50. The second-order valence-electron chi connectivity index (χ2n) is 7.91. The number of aliphatic hydroxyl groups is 9. The van der Waals surface area contributed by atoms with Gasteiger partial charge < -0.3 is 69.6 Å². The van der Waals surface area contributed by atoms with Gasteiger partial charge in [0.15, 0.2) is 18.9 Å². The van der Waals surface area contributed by atoms with E-state index in [0.29, 0.717) is 0 Å². The van der Waals surface area contributed by atoms with Crippen LogP contribution < -0.4 is 0 Å². The zero-order valence-electron chi connectivity index (χ0n) is 16.6. The first-order valence-electron chi connectivity index (χ1n) is 9.85. The SMILES string of the molecule is C[C@@H]1O[C@@H](O[C@@H]2[C@@H](O)[C@H](O)O[C@H](CO[C@@H]3OC[C@H](O)[C@H](O)[C@H]3O)[C@H]2O)[C@H](O)[C@H](O)[C@H]1O. The van der Waals surface area contributed by atoms with E-state index < -0.39 is 92.6 Å². The number of rotatable bonds is 5. The lowest BCUT2D eigenvalue weighted by Gasteiger charge is -2.45. The van der Waals surface area contributed by atoms with Crippen molar-refractivity contribution in [3.05, 3.63) is 0 Å². The number of hydrogen-bond acceptors (Lipinski definition) is 14. The molecule has 0 radical (unpaired) electrons. The van der Waals surface area contributed by atoms with E-state index >= 15 is 0 Å². The van der Waals surface area contributed by atoms with Gasteiger partial charge in [0, 0.05) is 0 Å². The molecular formula is C17H30O14. The van der Waals surface area contributed by atoms with E-state index in [1.54, 1.807) is 0 Å². The van der Waals surface area contributed by atoms with Gasteiger partial charge in [0.1, 0.15) is 61.0 Å². The fourth-order valence-electron chi connectivity index (χ4n) is 3.61. The van der Waals surface area contributed by atoms with E-state index in [-0.39, 0.29) is 6.61 Å². The van der Waals surface area contributed by atoms with E-state index in [1.165, 1.54) is 6.92 Å². The molecule has 0 spiro atoms. The van der Waals surface area contributed by atoms with Crippen LogP contribution in [-0.2, 0) is 23.7 Å². The van der Waals surface area contributed by atoms with E-state index in [9.17, 15) is 46.0 Å². The van der Waals surface area contributed by atoms with Gasteiger partial charge in [-0.1, -0.05) is 0 Å². The third-order valence-electron chi connectivity index (χ3n) is 5.64. The Hall–Kier alpha value is -0.560. The van der Waals surface area contributed by atoms with Crippen LogP contribution in [0.1, 0.15) is 6.92 Å². The highest BCUT2D eigenvalue weighted by Crippen LogP contribution is 2.29. The Balaban J connectivity index is 1.62. The van der Waals surface area contributed by atoms with Crippen LogP contribution in [0.2, 0.25) is 0 Å². The van der Waals surface area contributed by atoms with Crippen LogP contribution in [0.25, 0.3) is 0 Å². The molecule has 31 heavy (non-hydrogen) atoms. The Bertz CT molecular complexity index is 581. The van der Waals surface area contributed by atoms with Crippen LogP contribution in [0, 0.1) is 0 Å². The van der Waals surface area contributed by atoms with Gasteiger partial charge in [-0.2, -0.15) is 0 Å². The molecule has 14 heteroatoms. The molecule has 0 saturated carbocycles. The molecule has 9 N–H and O–H groups in total. The monoisotopic (exact) mass is 458 g/mol. The van der Waals surface area contributed by atoms with Crippen LogP contribution in [0.3, 0.4) is 0 Å². The first kappa shape index (κ1) is 25.1. The summed E-state index contributed by atoms with van der Waals surface area (Å²) >= 11 is 0. The standard InChI is InChI=1S/C17H30O14/c1-4-7(19)10(22)12(24)17(29-4)31-14-9(21)6(30-15(26)13(14)25)3-28-16-11(23)8(20)5(18)2-27-16/h4-26H,2-3H2,1H3/t4-,5-,6+,7-,8-,9+,10+,11+,12+,13+,14-,15+,16-,17-/m0/s1. The molecule has 0 aromatic rings. The second kappa shape index (κ2) is 10.1. The molecule has 0 bridgehead atoms. The molecular weight excluding hydrogens is 428 g/mol. The Labute approximate surface area is 176 Å². The van der Waals surface area contributed by atoms with E-state index in [4.69, 9.17) is 23.7 Å². The van der Waals surface area contributed by atoms with Gasteiger partial charge in [0.25, 0.3) is 0 Å². The van der Waals surface area contributed by atoms with E-state index in [1.807, 2.05) is 0 Å². The third-order valence-corrected chi connectivity index (χ3v) is 5.64. The number of ether oxygens (including phenoxy) is 5. The zero-order chi connectivity index (χ0) is 23.0. The summed E-state index contributed by atoms with van der Waals surface area (Å²) in [5.74, 6) is 0. The van der Waals surface area contributed by atoms with Crippen molar-refractivity contribution < 1.29 is 69.6 Å². The van der Waals surface area contributed by atoms with Crippen molar-refractivity contribution in [1.29, 1.82) is 0 Å². The van der Waals surface area contributed by atoms with Crippen LogP contribution in [0.4, 0.5) is 0 Å². The smallest absolute Gasteiger partial charge is 0.187 e. The quantitative estimate of drug-likeness (QED) is 0.187. The average Bonchev–Trinajstić information content (AvgIpc) is 2.74. The minimum atomic E-state index is -1.83. The fourth-order valence-corrected chi connectivity index (χ4v) is 3.61. The summed E-state index contributed by atoms with van der Waals surface area (Å²) < 4.78 is 26.2. The molecule has 0 unspecified atom stereocenters. The minimum absolute atomic E-state index is 0.312. The summed E-state index contributed by atoms with van der Waals surface area (Å²) in [5, 5.41) is 89.5. The predicted molar refractivity (Wildman–Crippen MR) is 93.8 cm³/mol. The molecule has 0 aromatic carbocycles. The number of hydrogen-bond donors (Lipinski definition) is 9. The molecule has 3 heterocycles. The number of aliphatic hydroxyl groups excluding tert-OH is 9. The topological polar surface area (TPSA) is 228 Å². The third kappa shape index (κ3) is 5.18. The first-order chi connectivity index (χ1) is 14.5. The fraction of sp³-hybridized carbons (Fsp3) is 1.00. The van der Waals surface area contributed by atoms with Gasteiger partial charge in [-0.15, -0.1) is 0 Å². The summed E-state index contributed by atoms with van der Waals surface area (Å²) in [4.78, 5) is 0. The Kier molecular flexibility index (Phi) is 8.21. The van der Waals surface area contributed by atoms with Gasteiger partial charge >= 0.3 is 0 Å². The van der Waals surface area contributed by atoms with Crippen molar-refractivity contribution in [3.63, 3.8) is 0 Å². The van der Waals surface area contributed by atoms with Crippen LogP contribution >= 0.6 is 0 Å². The Morgan fingerprint density at radius 1 is 0.710 bits per heavy atom. The molecule has 0 aliphatic carbocycles. The van der Waals surface area contributed by atoms with Crippen molar-refractivity contribution in [1.82, 2.24) is 0 Å². The maximum atomic E-state index is 10.6. The molecule has 0 aromatic heterocycles. The molecule has 3 aliphatic rings. The van der Waals surface area contributed by atoms with Crippen molar-refractivity contribution >= 4 is 0 Å². The van der Waals surface area contributed by atoms with E-state index in [0.717, 1.165) is 0 Å². The second-order valence-corrected chi connectivity index (χ2v) is 7.91. The molecule has 0 amide bonds. The van der Waals surface area contributed by atoms with Gasteiger partial charge in [-0.3, -0.25) is 0 Å². The zero-order valence-corrected chi connectivity index (χ0v) is 16.6. The van der Waals surface area contributed by atoms with Crippen molar-refractivity contribution in [2.24, 2.45) is 0 Å². The lowest BCUT2D eigenvalue weighted by atomic mass is 9.97. The average molecular weight is 458 g/mol. The van der Waals surface area contributed by atoms with Crippen molar-refractivity contribution in [3.8, 4) is 0 Å². The highest BCUT2D eigenvalue weighted by molar-refractivity contribution is 4.93. The first-order valence-corrected chi connectivity index (χ1v) is 9.85. The molecule has 3 aliphatic heterocycles. The Morgan fingerprint density at radius 3 is 2.03 bits per heavy atom. The summed E-state index contributed by atoms with van der Waals surface area (Å²) in [7, 11) is 0. The molecule has 14 atom stereocenters. The predicted octanol–water partition coefficient (Wildman–Crippen LogP) is -5.91. The molecule has 3 rings (SSSR count). The minimum Gasteiger partial charge on any atom is -0.388 e. The van der Waals surface area contributed by atoms with Gasteiger partial charge in [0.2, 0.25) is 0 Å². The van der Waals surface area contributed by atoms with Crippen molar-refractivity contribution in [2.75, 3.05) is 13.2 Å². The summed E-state index contributed by atoms with van der Waals surface area (Å²) in [6.45, 7) is 0.619. The van der Waals surface area contributed by atoms with Crippen LogP contribution in [0.15, 0.2) is 0 Å². The lowest BCUT2D eigenvalue weighted by Crippen LogP contribution is -2.64. The van der Waals surface area contributed by atoms with Crippen LogP contribution in [-0.4, -0.2) is 145 Å². The van der Waals surface area contributed by atoms with Crippen molar-refractivity contribution in [2.45, 2.75) is 92.9 Å². The molecule has 3 fully saturated rings.